The van der Waals surface area contributed by atoms with Gasteiger partial charge >= 0.3 is 0 Å². The molecule has 0 saturated heterocycles. The summed E-state index contributed by atoms with van der Waals surface area (Å²) in [5, 5.41) is 3.12. The highest BCUT2D eigenvalue weighted by molar-refractivity contribution is 9.11. The fourth-order valence-corrected chi connectivity index (χ4v) is 2.58. The number of anilines is 2. The van der Waals surface area contributed by atoms with Crippen molar-refractivity contribution in [1.29, 1.82) is 0 Å². The quantitative estimate of drug-likeness (QED) is 0.870. The fraction of sp³-hybridized carbons (Fsp3) is 0. The Hall–Kier alpha value is -1.13. The molecule has 0 atom stereocenters. The third kappa shape index (κ3) is 2.96. The number of hydrogen-bond acceptors (Lipinski definition) is 2. The molecule has 0 saturated carbocycles. The molecule has 0 spiro atoms. The first-order valence-electron chi connectivity index (χ1n) is 4.99. The molecule has 0 aromatic heterocycles. The molecule has 2 nitrogen and oxygen atoms in total. The fourth-order valence-electron chi connectivity index (χ4n) is 1.39. The first-order chi connectivity index (χ1) is 8.18. The molecule has 1 N–H and O–H groups in total. The van der Waals surface area contributed by atoms with Crippen molar-refractivity contribution >= 4 is 43.2 Å². The van der Waals surface area contributed by atoms with E-state index in [9.17, 15) is 4.79 Å². The SMILES string of the molecule is O=c1cccccc1Nc1c(Br)cccc1Br. The summed E-state index contributed by atoms with van der Waals surface area (Å²) in [4.78, 5) is 11.8. The maximum Gasteiger partial charge on any atom is 0.201 e. The highest BCUT2D eigenvalue weighted by Gasteiger charge is 2.05. The van der Waals surface area contributed by atoms with Gasteiger partial charge in [-0.25, -0.2) is 0 Å². The number of hydrogen-bond donors (Lipinski definition) is 1. The predicted molar refractivity (Wildman–Crippen MR) is 77.8 cm³/mol. The summed E-state index contributed by atoms with van der Waals surface area (Å²) in [6.07, 6.45) is 0. The molecule has 0 aliphatic heterocycles. The van der Waals surface area contributed by atoms with Gasteiger partial charge in [0.05, 0.1) is 11.4 Å². The molecule has 86 valence electrons. The van der Waals surface area contributed by atoms with Crippen molar-refractivity contribution in [2.45, 2.75) is 0 Å². The Balaban J connectivity index is 2.46. The Labute approximate surface area is 116 Å². The Morgan fingerprint density at radius 1 is 0.824 bits per heavy atom. The summed E-state index contributed by atoms with van der Waals surface area (Å²) in [6, 6.07) is 14.4. The molecular formula is C13H9Br2NO. The molecule has 0 radical (unpaired) electrons. The predicted octanol–water partition coefficient (Wildman–Crippen LogP) is 4.32. The molecule has 17 heavy (non-hydrogen) atoms. The largest absolute Gasteiger partial charge is 0.350 e. The van der Waals surface area contributed by atoms with Gasteiger partial charge in [0.2, 0.25) is 5.43 Å². The normalized spacial score (nSPS) is 10.0. The van der Waals surface area contributed by atoms with Crippen LogP contribution in [0.25, 0.3) is 0 Å². The molecule has 0 aliphatic carbocycles. The van der Waals surface area contributed by atoms with Crippen LogP contribution in [0.4, 0.5) is 11.4 Å². The second kappa shape index (κ2) is 5.47. The van der Waals surface area contributed by atoms with Crippen molar-refractivity contribution < 1.29 is 0 Å². The molecule has 0 amide bonds. The standard InChI is InChI=1S/C13H9Br2NO/c14-9-5-4-6-10(15)13(9)16-11-7-2-1-3-8-12(11)17/h1-8H,(H,16,17). The summed E-state index contributed by atoms with van der Waals surface area (Å²) in [5.41, 5.74) is 1.34. The topological polar surface area (TPSA) is 29.1 Å². The zero-order valence-corrected chi connectivity index (χ0v) is 12.0. The minimum atomic E-state index is -0.0438. The molecule has 0 fully saturated rings. The van der Waals surface area contributed by atoms with Gasteiger partial charge in [-0.2, -0.15) is 0 Å². The molecule has 0 unspecified atom stereocenters. The van der Waals surface area contributed by atoms with Crippen molar-refractivity contribution in [2.75, 3.05) is 5.32 Å². The molecule has 0 bridgehead atoms. The number of rotatable bonds is 2. The van der Waals surface area contributed by atoms with E-state index in [1.807, 2.05) is 30.3 Å². The molecule has 4 heteroatoms. The van der Waals surface area contributed by atoms with Gasteiger partial charge in [-0.1, -0.05) is 24.3 Å². The lowest BCUT2D eigenvalue weighted by Gasteiger charge is -2.08. The average molecular weight is 355 g/mol. The Morgan fingerprint density at radius 3 is 2.18 bits per heavy atom. The van der Waals surface area contributed by atoms with E-state index in [1.54, 1.807) is 12.1 Å². The molecule has 2 rings (SSSR count). The van der Waals surface area contributed by atoms with Crippen LogP contribution in [0.3, 0.4) is 0 Å². The van der Waals surface area contributed by atoms with Crippen LogP contribution in [0, 0.1) is 0 Å². The highest BCUT2D eigenvalue weighted by Crippen LogP contribution is 2.32. The molecule has 0 aliphatic rings. The highest BCUT2D eigenvalue weighted by atomic mass is 79.9. The van der Waals surface area contributed by atoms with Gasteiger partial charge in [-0.05, 0) is 56.1 Å². The Morgan fingerprint density at radius 2 is 1.47 bits per heavy atom. The van der Waals surface area contributed by atoms with Crippen molar-refractivity contribution in [3.8, 4) is 0 Å². The van der Waals surface area contributed by atoms with E-state index < -0.39 is 0 Å². The first-order valence-corrected chi connectivity index (χ1v) is 6.57. The van der Waals surface area contributed by atoms with Crippen LogP contribution in [0.2, 0.25) is 0 Å². The third-order valence-corrected chi connectivity index (χ3v) is 3.54. The average Bonchev–Trinajstić information content (AvgIpc) is 2.49. The molecule has 0 heterocycles. The van der Waals surface area contributed by atoms with Gasteiger partial charge in [0.1, 0.15) is 0 Å². The van der Waals surface area contributed by atoms with Crippen LogP contribution in [0.1, 0.15) is 0 Å². The summed E-state index contributed by atoms with van der Waals surface area (Å²) in [7, 11) is 0. The number of nitrogens with one attached hydrogen (secondary N) is 1. The first kappa shape index (κ1) is 12.3. The Kier molecular flexibility index (Phi) is 3.97. The number of para-hydroxylation sites is 1. The lowest BCUT2D eigenvalue weighted by molar-refractivity contribution is 1.48. The zero-order valence-electron chi connectivity index (χ0n) is 8.78. The number of halogens is 2. The van der Waals surface area contributed by atoms with Gasteiger partial charge in [-0.15, -0.1) is 0 Å². The lowest BCUT2D eigenvalue weighted by Crippen LogP contribution is -2.04. The van der Waals surface area contributed by atoms with Crippen molar-refractivity contribution in [1.82, 2.24) is 0 Å². The van der Waals surface area contributed by atoms with Gasteiger partial charge < -0.3 is 5.32 Å². The second-order valence-corrected chi connectivity index (χ2v) is 5.12. The molecule has 2 aromatic rings. The molecular weight excluding hydrogens is 346 g/mol. The van der Waals surface area contributed by atoms with Crippen molar-refractivity contribution in [3.63, 3.8) is 0 Å². The smallest absolute Gasteiger partial charge is 0.201 e. The van der Waals surface area contributed by atoms with Gasteiger partial charge in [-0.3, -0.25) is 4.79 Å². The van der Waals surface area contributed by atoms with E-state index in [1.165, 1.54) is 6.07 Å². The van der Waals surface area contributed by atoms with Gasteiger partial charge in [0, 0.05) is 8.95 Å². The summed E-state index contributed by atoms with van der Waals surface area (Å²) in [6.45, 7) is 0. The van der Waals surface area contributed by atoms with Crippen molar-refractivity contribution in [3.05, 3.63) is 67.7 Å². The monoisotopic (exact) mass is 353 g/mol. The third-order valence-electron chi connectivity index (χ3n) is 2.22. The second-order valence-electron chi connectivity index (χ2n) is 3.41. The van der Waals surface area contributed by atoms with Crippen LogP contribution in [-0.2, 0) is 0 Å². The lowest BCUT2D eigenvalue weighted by atomic mass is 10.3. The summed E-state index contributed by atoms with van der Waals surface area (Å²) in [5.74, 6) is 0. The van der Waals surface area contributed by atoms with E-state index in [0.717, 1.165) is 14.6 Å². The van der Waals surface area contributed by atoms with Gasteiger partial charge in [0.25, 0.3) is 0 Å². The van der Waals surface area contributed by atoms with E-state index >= 15 is 0 Å². The van der Waals surface area contributed by atoms with Crippen LogP contribution < -0.4 is 10.7 Å². The minimum absolute atomic E-state index is 0.0438. The van der Waals surface area contributed by atoms with E-state index in [-0.39, 0.29) is 5.43 Å². The van der Waals surface area contributed by atoms with Gasteiger partial charge in [0.15, 0.2) is 0 Å². The number of benzene rings is 1. The van der Waals surface area contributed by atoms with E-state index in [2.05, 4.69) is 37.2 Å². The van der Waals surface area contributed by atoms with Crippen LogP contribution in [-0.4, -0.2) is 0 Å². The molecule has 2 aromatic carbocycles. The maximum atomic E-state index is 11.8. The minimum Gasteiger partial charge on any atom is -0.350 e. The van der Waals surface area contributed by atoms with Crippen LogP contribution in [0.15, 0.2) is 62.3 Å². The Bertz CT molecular complexity index is 579. The maximum absolute atomic E-state index is 11.8. The summed E-state index contributed by atoms with van der Waals surface area (Å²) < 4.78 is 1.80. The van der Waals surface area contributed by atoms with E-state index in [0.29, 0.717) is 5.69 Å². The van der Waals surface area contributed by atoms with Crippen LogP contribution in [0.5, 0.6) is 0 Å². The van der Waals surface area contributed by atoms with Crippen molar-refractivity contribution in [2.24, 2.45) is 0 Å². The van der Waals surface area contributed by atoms with E-state index in [4.69, 9.17) is 0 Å². The summed E-state index contributed by atoms with van der Waals surface area (Å²) >= 11 is 6.89. The van der Waals surface area contributed by atoms with Crippen LogP contribution >= 0.6 is 31.9 Å². The zero-order chi connectivity index (χ0) is 12.3.